The van der Waals surface area contributed by atoms with Gasteiger partial charge in [0.05, 0.1) is 10.6 Å². The number of hydrogen-bond donors (Lipinski definition) is 1. The number of aromatic nitrogens is 2. The SMILES string of the molecule is O=c1c([N+](=O)[O-])c(N2CCC(Nc3ccccc3F)CC2)nc2ccccn12. The number of anilines is 2. The molecule has 0 amide bonds. The largest absolute Gasteiger partial charge is 0.380 e. The number of pyridine rings is 1. The van der Waals surface area contributed by atoms with E-state index in [1.165, 1.54) is 16.7 Å². The van der Waals surface area contributed by atoms with Crippen LogP contribution < -0.4 is 15.8 Å². The van der Waals surface area contributed by atoms with Crippen LogP contribution >= 0.6 is 0 Å². The minimum absolute atomic E-state index is 0.0359. The van der Waals surface area contributed by atoms with E-state index < -0.39 is 16.2 Å². The molecule has 0 unspecified atom stereocenters. The Morgan fingerprint density at radius 1 is 1.14 bits per heavy atom. The summed E-state index contributed by atoms with van der Waals surface area (Å²) in [6.07, 6.45) is 2.74. The molecule has 0 aliphatic carbocycles. The number of para-hydroxylation sites is 1. The molecule has 1 aliphatic rings. The van der Waals surface area contributed by atoms with Crippen molar-refractivity contribution in [1.82, 2.24) is 9.38 Å². The van der Waals surface area contributed by atoms with E-state index in [9.17, 15) is 19.3 Å². The Morgan fingerprint density at radius 2 is 1.86 bits per heavy atom. The van der Waals surface area contributed by atoms with Gasteiger partial charge in [0, 0.05) is 25.3 Å². The molecule has 0 spiro atoms. The monoisotopic (exact) mass is 383 g/mol. The topological polar surface area (TPSA) is 92.8 Å². The highest BCUT2D eigenvalue weighted by molar-refractivity contribution is 5.61. The Balaban J connectivity index is 1.58. The van der Waals surface area contributed by atoms with Crippen LogP contribution in [0, 0.1) is 15.9 Å². The third kappa shape index (κ3) is 3.26. The van der Waals surface area contributed by atoms with E-state index in [4.69, 9.17) is 0 Å². The molecule has 8 nitrogen and oxygen atoms in total. The van der Waals surface area contributed by atoms with Crippen molar-refractivity contribution in [1.29, 1.82) is 0 Å². The molecule has 3 heterocycles. The van der Waals surface area contributed by atoms with Gasteiger partial charge in [0.2, 0.25) is 5.82 Å². The number of nitrogens with zero attached hydrogens (tertiary/aromatic N) is 4. The van der Waals surface area contributed by atoms with Crippen LogP contribution in [0.2, 0.25) is 0 Å². The maximum absolute atomic E-state index is 13.8. The summed E-state index contributed by atoms with van der Waals surface area (Å²) in [5.74, 6) is -0.227. The smallest absolute Gasteiger partial charge is 0.376 e. The van der Waals surface area contributed by atoms with Crippen LogP contribution in [0.4, 0.5) is 21.6 Å². The van der Waals surface area contributed by atoms with E-state index in [1.54, 1.807) is 41.3 Å². The fraction of sp³-hybridized carbons (Fsp3) is 0.263. The van der Waals surface area contributed by atoms with E-state index in [0.29, 0.717) is 37.3 Å². The Labute approximate surface area is 159 Å². The molecule has 144 valence electrons. The molecular weight excluding hydrogens is 365 g/mol. The van der Waals surface area contributed by atoms with Gasteiger partial charge in [-0.25, -0.2) is 9.37 Å². The van der Waals surface area contributed by atoms with Gasteiger partial charge in [0.15, 0.2) is 0 Å². The Kier molecular flexibility index (Phi) is 4.64. The van der Waals surface area contributed by atoms with Crippen LogP contribution in [0.5, 0.6) is 0 Å². The third-order valence-corrected chi connectivity index (χ3v) is 4.90. The highest BCUT2D eigenvalue weighted by atomic mass is 19.1. The van der Waals surface area contributed by atoms with Gasteiger partial charge in [0.25, 0.3) is 0 Å². The first-order valence-electron chi connectivity index (χ1n) is 8.96. The number of fused-ring (bicyclic) bond motifs is 1. The maximum Gasteiger partial charge on any atom is 0.376 e. The second kappa shape index (κ2) is 7.26. The summed E-state index contributed by atoms with van der Waals surface area (Å²) in [5.41, 5.74) is -0.421. The minimum atomic E-state index is -0.697. The van der Waals surface area contributed by atoms with Crippen LogP contribution in [-0.4, -0.2) is 33.4 Å². The molecule has 4 rings (SSSR count). The summed E-state index contributed by atoms with van der Waals surface area (Å²) in [6, 6.07) is 11.5. The van der Waals surface area contributed by atoms with Crippen molar-refractivity contribution in [3.8, 4) is 0 Å². The number of hydrogen-bond acceptors (Lipinski definition) is 6. The van der Waals surface area contributed by atoms with Gasteiger partial charge < -0.3 is 10.2 Å². The molecule has 1 aliphatic heterocycles. The molecule has 0 saturated carbocycles. The van der Waals surface area contributed by atoms with Crippen molar-refractivity contribution in [2.24, 2.45) is 0 Å². The zero-order chi connectivity index (χ0) is 19.7. The summed E-state index contributed by atoms with van der Waals surface area (Å²) >= 11 is 0. The zero-order valence-corrected chi connectivity index (χ0v) is 14.9. The predicted octanol–water partition coefficient (Wildman–Crippen LogP) is 2.82. The zero-order valence-electron chi connectivity index (χ0n) is 14.9. The van der Waals surface area contributed by atoms with E-state index >= 15 is 0 Å². The summed E-state index contributed by atoms with van der Waals surface area (Å²) < 4.78 is 15.0. The predicted molar refractivity (Wildman–Crippen MR) is 103 cm³/mol. The Morgan fingerprint density at radius 3 is 2.57 bits per heavy atom. The number of piperidine rings is 1. The molecule has 1 N–H and O–H groups in total. The summed E-state index contributed by atoms with van der Waals surface area (Å²) in [5, 5.41) is 14.7. The van der Waals surface area contributed by atoms with Crippen molar-refractivity contribution in [2.75, 3.05) is 23.3 Å². The first-order valence-corrected chi connectivity index (χ1v) is 8.96. The fourth-order valence-electron chi connectivity index (χ4n) is 3.48. The molecule has 2 aromatic heterocycles. The standard InChI is InChI=1S/C19H18FN5O3/c20-14-5-1-2-6-15(14)21-13-8-11-23(12-9-13)18-17(25(27)28)19(26)24-10-4-3-7-16(24)22-18/h1-7,10,13,21H,8-9,11-12H2. The molecule has 28 heavy (non-hydrogen) atoms. The summed E-state index contributed by atoms with van der Waals surface area (Å²) in [4.78, 5) is 29.6. The molecule has 1 fully saturated rings. The van der Waals surface area contributed by atoms with Crippen molar-refractivity contribution >= 4 is 22.8 Å². The average molecular weight is 383 g/mol. The highest BCUT2D eigenvalue weighted by Crippen LogP contribution is 2.27. The molecule has 1 saturated heterocycles. The first-order chi connectivity index (χ1) is 13.5. The molecular formula is C19H18FN5O3. The fourth-order valence-corrected chi connectivity index (χ4v) is 3.48. The van der Waals surface area contributed by atoms with E-state index in [2.05, 4.69) is 10.3 Å². The van der Waals surface area contributed by atoms with Gasteiger partial charge in [-0.3, -0.25) is 19.3 Å². The van der Waals surface area contributed by atoms with Crippen molar-refractivity contribution in [3.63, 3.8) is 0 Å². The van der Waals surface area contributed by atoms with E-state index in [0.717, 1.165) is 0 Å². The lowest BCUT2D eigenvalue weighted by atomic mass is 10.0. The molecule has 0 radical (unpaired) electrons. The molecule has 9 heteroatoms. The summed E-state index contributed by atoms with van der Waals surface area (Å²) in [7, 11) is 0. The second-order valence-corrected chi connectivity index (χ2v) is 6.66. The van der Waals surface area contributed by atoms with Gasteiger partial charge in [-0.1, -0.05) is 18.2 Å². The third-order valence-electron chi connectivity index (χ3n) is 4.90. The second-order valence-electron chi connectivity index (χ2n) is 6.66. The van der Waals surface area contributed by atoms with Gasteiger partial charge in [-0.15, -0.1) is 0 Å². The van der Waals surface area contributed by atoms with Crippen LogP contribution in [-0.2, 0) is 0 Å². The first kappa shape index (κ1) is 17.9. The molecule has 1 aromatic carbocycles. The quantitative estimate of drug-likeness (QED) is 0.550. The highest BCUT2D eigenvalue weighted by Gasteiger charge is 2.30. The van der Waals surface area contributed by atoms with E-state index in [1.807, 2.05) is 0 Å². The molecule has 0 bridgehead atoms. The minimum Gasteiger partial charge on any atom is -0.380 e. The number of nitro groups is 1. The maximum atomic E-state index is 13.8. The van der Waals surface area contributed by atoms with Gasteiger partial charge in [-0.05, 0) is 37.1 Å². The normalized spacial score (nSPS) is 15.0. The van der Waals surface area contributed by atoms with Gasteiger partial charge in [-0.2, -0.15) is 0 Å². The Bertz CT molecular complexity index is 1090. The lowest BCUT2D eigenvalue weighted by Crippen LogP contribution is -2.40. The number of nitrogens with one attached hydrogen (secondary N) is 1. The van der Waals surface area contributed by atoms with Gasteiger partial charge >= 0.3 is 11.2 Å². The number of halogens is 1. The van der Waals surface area contributed by atoms with Crippen LogP contribution in [0.25, 0.3) is 5.65 Å². The molecule has 3 aromatic rings. The van der Waals surface area contributed by atoms with E-state index in [-0.39, 0.29) is 17.7 Å². The van der Waals surface area contributed by atoms with Gasteiger partial charge in [0.1, 0.15) is 11.5 Å². The van der Waals surface area contributed by atoms with Crippen molar-refractivity contribution < 1.29 is 9.31 Å². The number of rotatable bonds is 4. The summed E-state index contributed by atoms with van der Waals surface area (Å²) in [6.45, 7) is 0.949. The lowest BCUT2D eigenvalue weighted by molar-refractivity contribution is -0.385. The lowest BCUT2D eigenvalue weighted by Gasteiger charge is -2.33. The average Bonchev–Trinajstić information content (AvgIpc) is 2.70. The van der Waals surface area contributed by atoms with Crippen molar-refractivity contribution in [3.05, 3.63) is 74.9 Å². The van der Waals surface area contributed by atoms with Crippen molar-refractivity contribution in [2.45, 2.75) is 18.9 Å². The molecule has 0 atom stereocenters. The number of benzene rings is 1. The Hall–Kier alpha value is -3.49. The van der Waals surface area contributed by atoms with Crippen LogP contribution in [0.3, 0.4) is 0 Å². The van der Waals surface area contributed by atoms with Crippen LogP contribution in [0.15, 0.2) is 53.5 Å². The van der Waals surface area contributed by atoms with Crippen LogP contribution in [0.1, 0.15) is 12.8 Å².